The molecule has 0 bridgehead atoms. The SMILES string of the molecule is Cn1c(Cc2c(Cl)ccc(CNC(=O)c3ccccc3F)c2Cl)nc2cc(Cl)c(N3CCCC(C(F)(F)F)C3)cc21. The number of imidazole rings is 1. The average Bonchev–Trinajstić information content (AvgIpc) is 3.23. The van der Waals surface area contributed by atoms with E-state index >= 15 is 0 Å². The van der Waals surface area contributed by atoms with Crippen LogP contribution in [0, 0.1) is 11.7 Å². The number of anilines is 1. The van der Waals surface area contributed by atoms with Crippen LogP contribution >= 0.6 is 34.8 Å². The van der Waals surface area contributed by atoms with Crippen LogP contribution in [0.25, 0.3) is 11.0 Å². The maximum Gasteiger partial charge on any atom is 0.393 e. The quantitative estimate of drug-likeness (QED) is 0.221. The number of piperidine rings is 1. The highest BCUT2D eigenvalue weighted by Gasteiger charge is 2.42. The summed E-state index contributed by atoms with van der Waals surface area (Å²) in [5, 5.41) is 3.74. The van der Waals surface area contributed by atoms with E-state index in [-0.39, 0.29) is 31.5 Å². The van der Waals surface area contributed by atoms with Crippen LogP contribution in [0.3, 0.4) is 0 Å². The normalized spacial score (nSPS) is 15.9. The summed E-state index contributed by atoms with van der Waals surface area (Å²) in [5.74, 6) is -2.00. The maximum atomic E-state index is 14.0. The van der Waals surface area contributed by atoms with Gasteiger partial charge >= 0.3 is 6.18 Å². The Morgan fingerprint density at radius 1 is 1.10 bits per heavy atom. The minimum atomic E-state index is -4.26. The number of carbonyl (C=O) groups excluding carboxylic acids is 1. The van der Waals surface area contributed by atoms with Gasteiger partial charge in [0.25, 0.3) is 5.91 Å². The van der Waals surface area contributed by atoms with E-state index in [9.17, 15) is 22.4 Å². The van der Waals surface area contributed by atoms with Gasteiger partial charge < -0.3 is 14.8 Å². The van der Waals surface area contributed by atoms with Gasteiger partial charge in [-0.2, -0.15) is 13.2 Å². The Bertz CT molecular complexity index is 1620. The zero-order chi connectivity index (χ0) is 29.5. The lowest BCUT2D eigenvalue weighted by Crippen LogP contribution is -2.41. The van der Waals surface area contributed by atoms with Gasteiger partial charge in [0.05, 0.1) is 38.2 Å². The molecular weight excluding hydrogens is 603 g/mol. The molecule has 1 aliphatic rings. The molecule has 216 valence electrons. The van der Waals surface area contributed by atoms with E-state index in [1.54, 1.807) is 42.3 Å². The van der Waals surface area contributed by atoms with Crippen molar-refractivity contribution in [3.8, 4) is 0 Å². The topological polar surface area (TPSA) is 50.2 Å². The van der Waals surface area contributed by atoms with Crippen molar-refractivity contribution in [1.82, 2.24) is 14.9 Å². The fourth-order valence-corrected chi connectivity index (χ4v) is 5.98. The van der Waals surface area contributed by atoms with E-state index < -0.39 is 23.8 Å². The van der Waals surface area contributed by atoms with E-state index in [1.165, 1.54) is 18.2 Å². The Labute approximate surface area is 249 Å². The lowest BCUT2D eigenvalue weighted by atomic mass is 9.97. The van der Waals surface area contributed by atoms with Crippen molar-refractivity contribution in [3.63, 3.8) is 0 Å². The number of halogens is 7. The lowest BCUT2D eigenvalue weighted by Gasteiger charge is -2.35. The first-order valence-electron chi connectivity index (χ1n) is 12.9. The van der Waals surface area contributed by atoms with Gasteiger partial charge in [0, 0.05) is 38.1 Å². The summed E-state index contributed by atoms with van der Waals surface area (Å²) in [6.45, 7) is 0.380. The molecule has 0 spiro atoms. The number of nitrogens with one attached hydrogen (secondary N) is 1. The van der Waals surface area contributed by atoms with E-state index in [2.05, 4.69) is 5.32 Å². The number of hydrogen-bond donors (Lipinski definition) is 1. The first-order valence-corrected chi connectivity index (χ1v) is 14.0. The van der Waals surface area contributed by atoms with Crippen LogP contribution in [0.2, 0.25) is 15.1 Å². The predicted molar refractivity (Wildman–Crippen MR) is 154 cm³/mol. The Hall–Kier alpha value is -3.01. The molecule has 1 aliphatic heterocycles. The molecule has 0 radical (unpaired) electrons. The Morgan fingerprint density at radius 2 is 1.85 bits per heavy atom. The minimum absolute atomic E-state index is 0.0480. The molecule has 12 heteroatoms. The Kier molecular flexibility index (Phi) is 8.41. The molecule has 41 heavy (non-hydrogen) atoms. The molecular formula is C29H25Cl3F4N4O. The fourth-order valence-electron chi connectivity index (χ4n) is 5.13. The van der Waals surface area contributed by atoms with Crippen molar-refractivity contribution < 1.29 is 22.4 Å². The second-order valence-electron chi connectivity index (χ2n) is 10.0. The van der Waals surface area contributed by atoms with Crippen molar-refractivity contribution in [1.29, 1.82) is 0 Å². The Morgan fingerprint density at radius 3 is 2.59 bits per heavy atom. The van der Waals surface area contributed by atoms with Crippen molar-refractivity contribution in [3.05, 3.63) is 91.9 Å². The summed E-state index contributed by atoms with van der Waals surface area (Å²) in [7, 11) is 1.80. The molecule has 3 aromatic carbocycles. The first-order chi connectivity index (χ1) is 19.4. The van der Waals surface area contributed by atoms with Gasteiger partial charge in [-0.3, -0.25) is 4.79 Å². The van der Waals surface area contributed by atoms with Crippen LogP contribution in [0.1, 0.15) is 40.2 Å². The van der Waals surface area contributed by atoms with Gasteiger partial charge in [0.15, 0.2) is 0 Å². The molecule has 1 fully saturated rings. The number of aromatic nitrogens is 2. The van der Waals surface area contributed by atoms with Gasteiger partial charge in [0.2, 0.25) is 0 Å². The third kappa shape index (κ3) is 6.12. The number of benzene rings is 3. The minimum Gasteiger partial charge on any atom is -0.370 e. The summed E-state index contributed by atoms with van der Waals surface area (Å²) in [5.41, 5.74) is 2.92. The number of rotatable bonds is 6. The van der Waals surface area contributed by atoms with Crippen LogP contribution in [0.15, 0.2) is 48.5 Å². The van der Waals surface area contributed by atoms with Crippen LogP contribution in [0.4, 0.5) is 23.2 Å². The second kappa shape index (κ2) is 11.7. The van der Waals surface area contributed by atoms with Gasteiger partial charge in [-0.1, -0.05) is 53.0 Å². The lowest BCUT2D eigenvalue weighted by molar-refractivity contribution is -0.175. The summed E-state index contributed by atoms with van der Waals surface area (Å²) in [4.78, 5) is 18.8. The summed E-state index contributed by atoms with van der Waals surface area (Å²) < 4.78 is 56.0. The smallest absolute Gasteiger partial charge is 0.370 e. The summed E-state index contributed by atoms with van der Waals surface area (Å²) in [6, 6.07) is 12.5. The number of carbonyl (C=O) groups is 1. The molecule has 4 aromatic rings. The van der Waals surface area contributed by atoms with Gasteiger partial charge in [-0.15, -0.1) is 0 Å². The van der Waals surface area contributed by atoms with Gasteiger partial charge in [0.1, 0.15) is 11.6 Å². The molecule has 1 N–H and O–H groups in total. The van der Waals surface area contributed by atoms with Crippen LogP contribution in [-0.2, 0) is 20.0 Å². The zero-order valence-electron chi connectivity index (χ0n) is 21.8. The number of alkyl halides is 3. The number of fused-ring (bicyclic) bond motifs is 1. The van der Waals surface area contributed by atoms with E-state index in [0.29, 0.717) is 61.7 Å². The molecule has 1 saturated heterocycles. The van der Waals surface area contributed by atoms with E-state index in [4.69, 9.17) is 39.8 Å². The third-order valence-corrected chi connectivity index (χ3v) is 8.55. The Balaban J connectivity index is 1.39. The highest BCUT2D eigenvalue weighted by atomic mass is 35.5. The maximum absolute atomic E-state index is 14.0. The molecule has 5 rings (SSSR count). The molecule has 1 aromatic heterocycles. The number of aryl methyl sites for hydroxylation is 1. The standard InChI is InChI=1S/C29H25Cl3F4N4O/c1-39-25-13-24(40-10-4-5-17(15-40)29(34,35)36)21(31)12-23(25)38-26(39)11-19-20(30)9-8-16(27(19)32)14-37-28(41)18-6-2-3-7-22(18)33/h2-3,6-9,12-13,17H,4-5,10-11,14-15H2,1H3,(H,37,41). The van der Waals surface area contributed by atoms with Crippen molar-refractivity contribution in [2.24, 2.45) is 13.0 Å². The van der Waals surface area contributed by atoms with Crippen LogP contribution in [-0.4, -0.2) is 34.7 Å². The molecule has 0 saturated carbocycles. The largest absolute Gasteiger partial charge is 0.393 e. The molecule has 0 aliphatic carbocycles. The number of hydrogen-bond acceptors (Lipinski definition) is 3. The molecule has 1 atom stereocenters. The molecule has 2 heterocycles. The van der Waals surface area contributed by atoms with Gasteiger partial charge in [-0.05, 0) is 54.3 Å². The highest BCUT2D eigenvalue weighted by Crippen LogP contribution is 2.39. The average molecular weight is 628 g/mol. The van der Waals surface area contributed by atoms with E-state index in [1.807, 2.05) is 4.57 Å². The van der Waals surface area contributed by atoms with E-state index in [0.717, 1.165) is 0 Å². The zero-order valence-corrected chi connectivity index (χ0v) is 24.1. The number of nitrogens with zero attached hydrogens (tertiary/aromatic N) is 3. The highest BCUT2D eigenvalue weighted by molar-refractivity contribution is 6.36. The predicted octanol–water partition coefficient (Wildman–Crippen LogP) is 7.97. The fraction of sp³-hybridized carbons (Fsp3) is 0.310. The first kappa shape index (κ1) is 29.5. The summed E-state index contributed by atoms with van der Waals surface area (Å²) in [6.07, 6.45) is -3.50. The van der Waals surface area contributed by atoms with Crippen molar-refractivity contribution in [2.75, 3.05) is 18.0 Å². The third-order valence-electron chi connectivity index (χ3n) is 7.43. The summed E-state index contributed by atoms with van der Waals surface area (Å²) >= 11 is 19.8. The molecule has 1 amide bonds. The second-order valence-corrected chi connectivity index (χ2v) is 11.2. The van der Waals surface area contributed by atoms with Gasteiger partial charge in [-0.25, -0.2) is 9.37 Å². The number of amides is 1. The van der Waals surface area contributed by atoms with Crippen LogP contribution < -0.4 is 10.2 Å². The molecule has 5 nitrogen and oxygen atoms in total. The monoisotopic (exact) mass is 626 g/mol. The van der Waals surface area contributed by atoms with Crippen molar-refractivity contribution >= 4 is 57.4 Å². The van der Waals surface area contributed by atoms with Crippen LogP contribution in [0.5, 0.6) is 0 Å². The van der Waals surface area contributed by atoms with Crippen molar-refractivity contribution in [2.45, 2.75) is 32.0 Å². The molecule has 1 unspecified atom stereocenters.